The van der Waals surface area contributed by atoms with Gasteiger partial charge in [-0.05, 0) is 104 Å². The third-order valence-corrected chi connectivity index (χ3v) is 16.8. The molecule has 0 bridgehead atoms. The van der Waals surface area contributed by atoms with E-state index in [2.05, 4.69) is 10.6 Å². The number of nitrogens with one attached hydrogen (secondary N) is 2. The van der Waals surface area contributed by atoms with Gasteiger partial charge < -0.3 is 96.2 Å². The molecule has 0 radical (unpaired) electrons. The molecule has 0 saturated carbocycles. The second-order valence-corrected chi connectivity index (χ2v) is 28.7. The van der Waals surface area contributed by atoms with Gasteiger partial charge in [-0.3, -0.25) is 19.2 Å². The minimum absolute atomic E-state index is 0.000719. The molecule has 0 spiro atoms. The van der Waals surface area contributed by atoms with Crippen LogP contribution in [0.5, 0.6) is 80.5 Å². The molecule has 0 atom stereocenters. The van der Waals surface area contributed by atoms with Crippen molar-refractivity contribution in [1.82, 2.24) is 0 Å². The predicted molar refractivity (Wildman–Crippen MR) is 428 cm³/mol. The number of carbonyl (C=O) groups is 6. The van der Waals surface area contributed by atoms with E-state index in [4.69, 9.17) is 75.8 Å². The molecule has 0 unspecified atom stereocenters. The zero-order valence-corrected chi connectivity index (χ0v) is 68.6. The highest BCUT2D eigenvalue weighted by Crippen LogP contribution is 2.46. The highest BCUT2D eigenvalue weighted by Gasteiger charge is 2.36. The van der Waals surface area contributed by atoms with Gasteiger partial charge in [0.05, 0.1) is 168 Å². The lowest BCUT2D eigenvalue weighted by molar-refractivity contribution is 0.0513. The fraction of sp³-hybridized carbons (Fsp3) is 0.442. The molecule has 0 fully saturated rings. The van der Waals surface area contributed by atoms with Crippen LogP contribution < -0.4 is 86.7 Å². The van der Waals surface area contributed by atoms with Crippen molar-refractivity contribution in [3.8, 4) is 80.5 Å². The molecule has 0 aliphatic rings. The maximum Gasteiger partial charge on any atom is 0.341 e. The largest absolute Gasteiger partial charge is 0.497 e. The predicted octanol–water partition coefficient (Wildman–Crippen LogP) is 16.5. The standard InChI is InChI=1S/C86H110N4O22/c1-23-105-85(95)63-32-65(77(103-21)36-71(63)101-19)87-81(91)59-34-67(79(111-47-53(11)12)39-73(59)107-43-49(3)4)89(41-55-25-27-57(97-15)29-69(55)99-17)83(93)61-31-62(76(110-46-52(9)10)38-75(61)109-45-51(7)8)84(94)90(42-56-26-28-58(98-16)30-70(56)100-18)68-35-60(74(108-44-50(5)6)40-80(68)112-48-54(13)14)82(92)88-66-33-64(86(96)106-24-2)72(102-20)37-78(66)104-22/h25-40,49-54H,23-24,41-48H2,1-22H3,(H,87,91)(H,88,92). The molecule has 0 saturated heterocycles. The molecule has 26 heteroatoms. The van der Waals surface area contributed by atoms with Gasteiger partial charge in [0.1, 0.15) is 91.6 Å². The Morgan fingerprint density at radius 1 is 0.304 bits per heavy atom. The summed E-state index contributed by atoms with van der Waals surface area (Å²) in [5.41, 5.74) is 0.551. The fourth-order valence-electron chi connectivity index (χ4n) is 11.3. The van der Waals surface area contributed by atoms with Gasteiger partial charge in [0.15, 0.2) is 0 Å². The van der Waals surface area contributed by atoms with Gasteiger partial charge in [-0.15, -0.1) is 0 Å². The number of anilines is 4. The average molecular weight is 1550 g/mol. The van der Waals surface area contributed by atoms with E-state index < -0.39 is 35.6 Å². The van der Waals surface area contributed by atoms with E-state index in [1.807, 2.05) is 83.1 Å². The maximum absolute atomic E-state index is 17.2. The summed E-state index contributed by atoms with van der Waals surface area (Å²) >= 11 is 0. The lowest BCUT2D eigenvalue weighted by Gasteiger charge is -2.30. The van der Waals surface area contributed by atoms with Crippen molar-refractivity contribution >= 4 is 58.3 Å². The highest BCUT2D eigenvalue weighted by atomic mass is 16.5. The third kappa shape index (κ3) is 22.9. The summed E-state index contributed by atoms with van der Waals surface area (Å²) in [5, 5.41) is 5.88. The molecule has 2 N–H and O–H groups in total. The van der Waals surface area contributed by atoms with Crippen LogP contribution in [0, 0.1) is 35.5 Å². The number of hydrogen-bond donors (Lipinski definition) is 2. The number of amides is 4. The van der Waals surface area contributed by atoms with Crippen molar-refractivity contribution in [3.05, 3.63) is 142 Å². The molecule has 0 aliphatic carbocycles. The summed E-state index contributed by atoms with van der Waals surface area (Å²) in [6, 6.07) is 24.9. The molecule has 26 nitrogen and oxygen atoms in total. The van der Waals surface area contributed by atoms with E-state index >= 15 is 19.2 Å². The Balaban J connectivity index is 1.63. The number of nitrogens with zero attached hydrogens (tertiary/aromatic N) is 2. The van der Waals surface area contributed by atoms with Crippen molar-refractivity contribution in [2.75, 3.05) is 130 Å². The Kier molecular flexibility index (Phi) is 32.6. The van der Waals surface area contributed by atoms with Crippen LogP contribution in [0.1, 0.15) is 170 Å². The molecule has 7 aromatic carbocycles. The monoisotopic (exact) mass is 1550 g/mol. The second-order valence-electron chi connectivity index (χ2n) is 28.7. The number of benzene rings is 7. The lowest BCUT2D eigenvalue weighted by atomic mass is 10.0. The Hall–Kier alpha value is -11.4. The Bertz CT molecular complexity index is 4140. The van der Waals surface area contributed by atoms with Crippen molar-refractivity contribution in [2.45, 2.75) is 110 Å². The van der Waals surface area contributed by atoms with Crippen LogP contribution in [-0.2, 0) is 22.6 Å². The lowest BCUT2D eigenvalue weighted by Crippen LogP contribution is -2.34. The average Bonchev–Trinajstić information content (AvgIpc) is 0.763. The number of ether oxygens (including phenoxy) is 16. The van der Waals surface area contributed by atoms with E-state index in [9.17, 15) is 9.59 Å². The first-order valence-electron chi connectivity index (χ1n) is 37.3. The van der Waals surface area contributed by atoms with Crippen molar-refractivity contribution in [2.24, 2.45) is 35.5 Å². The number of carbonyl (C=O) groups excluding carboxylic acids is 6. The molecule has 0 aromatic heterocycles. The minimum atomic E-state index is -0.788. The summed E-state index contributed by atoms with van der Waals surface area (Å²) < 4.78 is 97.1. The number of hydrogen-bond acceptors (Lipinski definition) is 22. The summed E-state index contributed by atoms with van der Waals surface area (Å²) in [5.74, 6) is -2.76. The van der Waals surface area contributed by atoms with Gasteiger partial charge in [0.2, 0.25) is 0 Å². The molecule has 112 heavy (non-hydrogen) atoms. The van der Waals surface area contributed by atoms with E-state index in [0.29, 0.717) is 34.1 Å². The van der Waals surface area contributed by atoms with Crippen LogP contribution in [-0.4, -0.2) is 145 Å². The van der Waals surface area contributed by atoms with Gasteiger partial charge in [-0.2, -0.15) is 0 Å². The summed E-state index contributed by atoms with van der Waals surface area (Å²) in [6.45, 7) is 26.8. The van der Waals surface area contributed by atoms with Gasteiger partial charge in [-0.1, -0.05) is 83.1 Å². The molecule has 0 aliphatic heterocycles. The molecular weight excluding hydrogens is 1440 g/mol. The van der Waals surface area contributed by atoms with Crippen LogP contribution in [0.2, 0.25) is 0 Å². The van der Waals surface area contributed by atoms with Gasteiger partial charge in [-0.25, -0.2) is 9.59 Å². The number of esters is 2. The van der Waals surface area contributed by atoms with Crippen LogP contribution in [0.3, 0.4) is 0 Å². The summed E-state index contributed by atoms with van der Waals surface area (Å²) in [6.07, 6.45) is 0. The highest BCUT2D eigenvalue weighted by molar-refractivity contribution is 6.16. The first-order chi connectivity index (χ1) is 53.5. The van der Waals surface area contributed by atoms with Crippen LogP contribution in [0.4, 0.5) is 22.7 Å². The smallest absolute Gasteiger partial charge is 0.341 e. The topological polar surface area (TPSA) is 281 Å². The molecule has 7 rings (SSSR count). The van der Waals surface area contributed by atoms with E-state index in [1.165, 1.54) is 115 Å². The number of methoxy groups -OCH3 is 8. The Morgan fingerprint density at radius 2 is 0.589 bits per heavy atom. The third-order valence-electron chi connectivity index (χ3n) is 16.8. The zero-order valence-electron chi connectivity index (χ0n) is 68.6. The van der Waals surface area contributed by atoms with Gasteiger partial charge >= 0.3 is 11.9 Å². The fourth-order valence-corrected chi connectivity index (χ4v) is 11.3. The molecule has 606 valence electrons. The number of rotatable bonds is 42. The minimum Gasteiger partial charge on any atom is -0.497 e. The molecule has 7 aromatic rings. The van der Waals surface area contributed by atoms with Crippen LogP contribution in [0.25, 0.3) is 0 Å². The van der Waals surface area contributed by atoms with E-state index in [0.717, 1.165) is 0 Å². The molecule has 0 heterocycles. The summed E-state index contributed by atoms with van der Waals surface area (Å²) in [4.78, 5) is 95.4. The van der Waals surface area contributed by atoms with Crippen molar-refractivity contribution in [3.63, 3.8) is 0 Å². The van der Waals surface area contributed by atoms with Crippen LogP contribution >= 0.6 is 0 Å². The normalized spacial score (nSPS) is 11.1. The molecular formula is C86H110N4O22. The first-order valence-corrected chi connectivity index (χ1v) is 37.3. The van der Waals surface area contributed by atoms with Gasteiger partial charge in [0.25, 0.3) is 23.6 Å². The SMILES string of the molecule is CCOC(=O)c1cc(NC(=O)c2cc(N(Cc3ccc(OC)cc3OC)C(=O)c3cc(C(=O)N(Cc4ccc(OC)cc4OC)c4cc(C(=O)Nc5cc(C(=O)OCC)c(OC)cc5OC)c(OCC(C)C)cc4OCC(C)C)c(OCC(C)C)cc3OCC(C)C)c(OCC(C)C)cc2OCC(C)C)c(OC)cc1OC. The van der Waals surface area contributed by atoms with E-state index in [1.54, 1.807) is 62.4 Å². The second kappa shape index (κ2) is 41.6. The Morgan fingerprint density at radius 3 is 0.875 bits per heavy atom. The Labute approximate surface area is 657 Å². The zero-order chi connectivity index (χ0) is 82.2. The molecule has 4 amide bonds. The summed E-state index contributed by atoms with van der Waals surface area (Å²) in [7, 11) is 11.5. The van der Waals surface area contributed by atoms with Gasteiger partial charge in [0, 0.05) is 53.6 Å². The van der Waals surface area contributed by atoms with Crippen molar-refractivity contribution < 1.29 is 105 Å². The first kappa shape index (κ1) is 87.8. The van der Waals surface area contributed by atoms with Crippen LogP contribution in [0.15, 0.2) is 97.1 Å². The quantitative estimate of drug-likeness (QED) is 0.0336. The maximum atomic E-state index is 17.2. The van der Waals surface area contributed by atoms with E-state index in [-0.39, 0.29) is 215 Å². The van der Waals surface area contributed by atoms with Crippen molar-refractivity contribution in [1.29, 1.82) is 0 Å².